The Morgan fingerprint density at radius 3 is 3.14 bits per heavy atom. The Labute approximate surface area is 81.3 Å². The van der Waals surface area contributed by atoms with Crippen LogP contribution in [-0.2, 0) is 4.74 Å². The van der Waals surface area contributed by atoms with Crippen molar-refractivity contribution in [2.45, 2.75) is 19.1 Å². The van der Waals surface area contributed by atoms with Crippen molar-refractivity contribution in [1.29, 1.82) is 0 Å². The van der Waals surface area contributed by atoms with E-state index in [0.29, 0.717) is 12.5 Å². The maximum Gasteiger partial charge on any atom is 0.352 e. The largest absolute Gasteiger partial charge is 0.481 e. The van der Waals surface area contributed by atoms with E-state index in [1.54, 1.807) is 12.3 Å². The van der Waals surface area contributed by atoms with Crippen LogP contribution in [0.5, 0.6) is 5.88 Å². The number of hydrogen-bond donors (Lipinski definition) is 0. The molecule has 0 radical (unpaired) electrons. The zero-order chi connectivity index (χ0) is 9.97. The molecule has 0 unspecified atom stereocenters. The van der Waals surface area contributed by atoms with Crippen LogP contribution in [0.2, 0.25) is 0 Å². The zero-order valence-corrected chi connectivity index (χ0v) is 7.97. The van der Waals surface area contributed by atoms with Gasteiger partial charge in [0.1, 0.15) is 6.23 Å². The third-order valence-electron chi connectivity index (χ3n) is 2.23. The Morgan fingerprint density at radius 1 is 1.71 bits per heavy atom. The summed E-state index contributed by atoms with van der Waals surface area (Å²) in [6, 6.07) is 1.66. The first kappa shape index (κ1) is 9.21. The van der Waals surface area contributed by atoms with Gasteiger partial charge in [-0.25, -0.2) is 4.79 Å². The average molecular weight is 196 g/mol. The lowest BCUT2D eigenvalue weighted by Gasteiger charge is -2.12. The molecular formula is C9H12N2O3. The topological polar surface area (TPSA) is 53.4 Å². The van der Waals surface area contributed by atoms with E-state index >= 15 is 0 Å². The van der Waals surface area contributed by atoms with Crippen LogP contribution in [-0.4, -0.2) is 23.3 Å². The molecule has 0 N–H and O–H groups in total. The summed E-state index contributed by atoms with van der Waals surface area (Å²) < 4.78 is 11.7. The normalized spacial score (nSPS) is 21.1. The van der Waals surface area contributed by atoms with Crippen LogP contribution < -0.4 is 10.4 Å². The van der Waals surface area contributed by atoms with Crippen LogP contribution in [0.3, 0.4) is 0 Å². The molecule has 5 nitrogen and oxygen atoms in total. The lowest BCUT2D eigenvalue weighted by molar-refractivity contribution is 0.0524. The lowest BCUT2D eigenvalue weighted by atomic mass is 10.3. The molecular weight excluding hydrogens is 184 g/mol. The van der Waals surface area contributed by atoms with Crippen molar-refractivity contribution in [3.63, 3.8) is 0 Å². The van der Waals surface area contributed by atoms with Gasteiger partial charge in [-0.2, -0.15) is 4.98 Å². The molecule has 1 aromatic heterocycles. The minimum atomic E-state index is -0.323. The highest BCUT2D eigenvalue weighted by Gasteiger charge is 2.18. The van der Waals surface area contributed by atoms with E-state index in [-0.39, 0.29) is 11.9 Å². The van der Waals surface area contributed by atoms with Crippen LogP contribution >= 0.6 is 0 Å². The van der Waals surface area contributed by atoms with Gasteiger partial charge in [-0.15, -0.1) is 0 Å². The van der Waals surface area contributed by atoms with E-state index in [4.69, 9.17) is 9.47 Å². The fourth-order valence-corrected chi connectivity index (χ4v) is 1.51. The molecule has 1 atom stereocenters. The average Bonchev–Trinajstić information content (AvgIpc) is 2.70. The summed E-state index contributed by atoms with van der Waals surface area (Å²) in [6.07, 6.45) is 3.36. The SMILES string of the molecule is COc1ccn([C@@H]2CCCO2)c(=O)n1. The number of hydrogen-bond acceptors (Lipinski definition) is 4. The van der Waals surface area contributed by atoms with Crippen LogP contribution in [0.4, 0.5) is 0 Å². The Bertz CT molecular complexity index is 369. The summed E-state index contributed by atoms with van der Waals surface area (Å²) in [7, 11) is 1.48. The molecule has 2 rings (SSSR count). The van der Waals surface area contributed by atoms with E-state index < -0.39 is 0 Å². The number of rotatable bonds is 2. The minimum absolute atomic E-state index is 0.152. The van der Waals surface area contributed by atoms with Crippen molar-refractivity contribution in [1.82, 2.24) is 9.55 Å². The maximum absolute atomic E-state index is 11.5. The van der Waals surface area contributed by atoms with Gasteiger partial charge in [0.25, 0.3) is 0 Å². The minimum Gasteiger partial charge on any atom is -0.481 e. The monoisotopic (exact) mass is 196 g/mol. The Balaban J connectivity index is 2.30. The molecule has 0 amide bonds. The van der Waals surface area contributed by atoms with Crippen LogP contribution in [0.25, 0.3) is 0 Å². The fourth-order valence-electron chi connectivity index (χ4n) is 1.51. The second kappa shape index (κ2) is 3.79. The number of nitrogens with zero attached hydrogens (tertiary/aromatic N) is 2. The standard InChI is InChI=1S/C9H12N2O3/c1-13-7-4-5-11(9(12)10-7)8-3-2-6-14-8/h4-5,8H,2-3,6H2,1H3/t8-/m0/s1. The third kappa shape index (κ3) is 1.63. The molecule has 1 aromatic rings. The van der Waals surface area contributed by atoms with Crippen molar-refractivity contribution in [2.75, 3.05) is 13.7 Å². The van der Waals surface area contributed by atoms with E-state index in [9.17, 15) is 4.79 Å². The molecule has 0 spiro atoms. The van der Waals surface area contributed by atoms with E-state index in [2.05, 4.69) is 4.98 Å². The highest BCUT2D eigenvalue weighted by molar-refractivity contribution is 5.05. The molecule has 2 heterocycles. The molecule has 14 heavy (non-hydrogen) atoms. The van der Waals surface area contributed by atoms with Crippen molar-refractivity contribution < 1.29 is 9.47 Å². The first-order valence-corrected chi connectivity index (χ1v) is 4.56. The molecule has 1 saturated heterocycles. The lowest BCUT2D eigenvalue weighted by Crippen LogP contribution is -2.26. The smallest absolute Gasteiger partial charge is 0.352 e. The fraction of sp³-hybridized carbons (Fsp3) is 0.556. The second-order valence-electron chi connectivity index (χ2n) is 3.13. The second-order valence-corrected chi connectivity index (χ2v) is 3.13. The summed E-state index contributed by atoms with van der Waals surface area (Å²) >= 11 is 0. The number of aromatic nitrogens is 2. The van der Waals surface area contributed by atoms with Gasteiger partial charge in [0.05, 0.1) is 7.11 Å². The van der Waals surface area contributed by atoms with Gasteiger partial charge < -0.3 is 9.47 Å². The van der Waals surface area contributed by atoms with E-state index in [0.717, 1.165) is 12.8 Å². The zero-order valence-electron chi connectivity index (χ0n) is 7.97. The summed E-state index contributed by atoms with van der Waals surface area (Å²) in [5.41, 5.74) is -0.323. The van der Waals surface area contributed by atoms with Gasteiger partial charge in [-0.1, -0.05) is 0 Å². The number of ether oxygens (including phenoxy) is 2. The molecule has 0 saturated carbocycles. The predicted octanol–water partition coefficient (Wildman–Crippen LogP) is 0.561. The van der Waals surface area contributed by atoms with Crippen LogP contribution in [0, 0.1) is 0 Å². The summed E-state index contributed by atoms with van der Waals surface area (Å²) in [5.74, 6) is 0.337. The highest BCUT2D eigenvalue weighted by atomic mass is 16.5. The van der Waals surface area contributed by atoms with Gasteiger partial charge in [-0.3, -0.25) is 4.57 Å². The molecule has 76 valence electrons. The van der Waals surface area contributed by atoms with E-state index in [1.807, 2.05) is 0 Å². The summed E-state index contributed by atoms with van der Waals surface area (Å²) in [6.45, 7) is 0.711. The van der Waals surface area contributed by atoms with Crippen molar-refractivity contribution in [2.24, 2.45) is 0 Å². The van der Waals surface area contributed by atoms with Crippen molar-refractivity contribution >= 4 is 0 Å². The third-order valence-corrected chi connectivity index (χ3v) is 2.23. The van der Waals surface area contributed by atoms with Gasteiger partial charge in [0.15, 0.2) is 0 Å². The predicted molar refractivity (Wildman–Crippen MR) is 49.3 cm³/mol. The highest BCUT2D eigenvalue weighted by Crippen LogP contribution is 2.20. The van der Waals surface area contributed by atoms with Crippen molar-refractivity contribution in [3.05, 3.63) is 22.7 Å². The van der Waals surface area contributed by atoms with Gasteiger partial charge in [-0.05, 0) is 12.8 Å². The Kier molecular flexibility index (Phi) is 2.49. The molecule has 0 aliphatic carbocycles. The quantitative estimate of drug-likeness (QED) is 0.693. The van der Waals surface area contributed by atoms with Crippen LogP contribution in [0.1, 0.15) is 19.1 Å². The first-order chi connectivity index (χ1) is 6.81. The van der Waals surface area contributed by atoms with E-state index in [1.165, 1.54) is 11.7 Å². The number of methoxy groups -OCH3 is 1. The molecule has 1 aliphatic rings. The molecule has 1 aliphatic heterocycles. The Morgan fingerprint density at radius 2 is 2.57 bits per heavy atom. The van der Waals surface area contributed by atoms with Crippen LogP contribution in [0.15, 0.2) is 17.1 Å². The Hall–Kier alpha value is -1.36. The summed E-state index contributed by atoms with van der Waals surface area (Å²) in [5, 5.41) is 0. The molecule has 0 aromatic carbocycles. The molecule has 0 bridgehead atoms. The van der Waals surface area contributed by atoms with Gasteiger partial charge in [0.2, 0.25) is 5.88 Å². The van der Waals surface area contributed by atoms with Crippen molar-refractivity contribution in [3.8, 4) is 5.88 Å². The van der Waals surface area contributed by atoms with Gasteiger partial charge in [0, 0.05) is 18.9 Å². The molecule has 1 fully saturated rings. The maximum atomic E-state index is 11.5. The molecule has 5 heteroatoms. The first-order valence-electron chi connectivity index (χ1n) is 4.56. The summed E-state index contributed by atoms with van der Waals surface area (Å²) in [4.78, 5) is 15.2. The van der Waals surface area contributed by atoms with Gasteiger partial charge >= 0.3 is 5.69 Å².